The Balaban J connectivity index is 2.32. The molecule has 0 bridgehead atoms. The average molecular weight is 269 g/mol. The summed E-state index contributed by atoms with van der Waals surface area (Å²) in [5, 5.41) is 3.14. The van der Waals surface area contributed by atoms with Crippen molar-refractivity contribution >= 4 is 5.95 Å². The van der Waals surface area contributed by atoms with Crippen molar-refractivity contribution in [2.24, 2.45) is 0 Å². The Kier molecular flexibility index (Phi) is 6.95. The lowest BCUT2D eigenvalue weighted by Gasteiger charge is -2.09. The third-order valence-corrected chi connectivity index (χ3v) is 2.40. The van der Waals surface area contributed by atoms with Gasteiger partial charge in [-0.3, -0.25) is 0 Å². The second-order valence-corrected chi connectivity index (χ2v) is 4.33. The van der Waals surface area contributed by atoms with Gasteiger partial charge < -0.3 is 19.5 Å². The third-order valence-electron chi connectivity index (χ3n) is 2.40. The number of unbranched alkanes of at least 4 members (excludes halogenated alkanes) is 1. The maximum atomic E-state index is 5.47. The van der Waals surface area contributed by atoms with Crippen LogP contribution in [0.3, 0.4) is 0 Å². The molecule has 0 amide bonds. The number of rotatable bonds is 9. The zero-order valence-corrected chi connectivity index (χ0v) is 12.1. The van der Waals surface area contributed by atoms with Crippen LogP contribution in [0.2, 0.25) is 0 Å². The van der Waals surface area contributed by atoms with Gasteiger partial charge in [0.05, 0.1) is 26.4 Å². The van der Waals surface area contributed by atoms with Crippen molar-refractivity contribution in [2.45, 2.75) is 32.8 Å². The van der Waals surface area contributed by atoms with E-state index in [0.717, 1.165) is 26.0 Å². The standard InChI is InChI=1S/C13H23N3O3/c1-10(2)19-8-6-5-7-14-13-15-11(17-3)9-12(16-13)18-4/h9-10H,5-8H2,1-4H3,(H,14,15,16). The van der Waals surface area contributed by atoms with Gasteiger partial charge in [-0.1, -0.05) is 0 Å². The molecule has 19 heavy (non-hydrogen) atoms. The van der Waals surface area contributed by atoms with Crippen molar-refractivity contribution in [3.63, 3.8) is 0 Å². The van der Waals surface area contributed by atoms with Gasteiger partial charge >= 0.3 is 0 Å². The number of hydrogen-bond acceptors (Lipinski definition) is 6. The van der Waals surface area contributed by atoms with E-state index in [1.807, 2.05) is 13.8 Å². The van der Waals surface area contributed by atoms with Gasteiger partial charge in [0.2, 0.25) is 17.7 Å². The lowest BCUT2D eigenvalue weighted by molar-refractivity contribution is 0.0765. The van der Waals surface area contributed by atoms with Gasteiger partial charge in [0, 0.05) is 13.2 Å². The number of ether oxygens (including phenoxy) is 3. The monoisotopic (exact) mass is 269 g/mol. The molecule has 1 aromatic heterocycles. The fourth-order valence-corrected chi connectivity index (χ4v) is 1.44. The van der Waals surface area contributed by atoms with E-state index in [1.54, 1.807) is 20.3 Å². The lowest BCUT2D eigenvalue weighted by atomic mass is 10.3. The summed E-state index contributed by atoms with van der Waals surface area (Å²) in [6.07, 6.45) is 2.29. The molecule has 0 unspecified atom stereocenters. The Hall–Kier alpha value is -1.56. The van der Waals surface area contributed by atoms with Gasteiger partial charge in [0.1, 0.15) is 0 Å². The molecule has 108 valence electrons. The first kappa shape index (κ1) is 15.5. The van der Waals surface area contributed by atoms with E-state index in [4.69, 9.17) is 14.2 Å². The zero-order valence-electron chi connectivity index (χ0n) is 12.1. The summed E-state index contributed by atoms with van der Waals surface area (Å²) in [6, 6.07) is 1.64. The molecule has 0 aliphatic carbocycles. The first-order valence-electron chi connectivity index (χ1n) is 6.48. The number of nitrogens with one attached hydrogen (secondary N) is 1. The molecule has 0 saturated carbocycles. The van der Waals surface area contributed by atoms with E-state index in [-0.39, 0.29) is 0 Å². The van der Waals surface area contributed by atoms with Crippen molar-refractivity contribution in [3.8, 4) is 11.8 Å². The fraction of sp³-hybridized carbons (Fsp3) is 0.692. The number of hydrogen-bond donors (Lipinski definition) is 1. The summed E-state index contributed by atoms with van der Waals surface area (Å²) in [6.45, 7) is 5.64. The van der Waals surface area contributed by atoms with E-state index < -0.39 is 0 Å². The number of methoxy groups -OCH3 is 2. The minimum atomic E-state index is 0.291. The highest BCUT2D eigenvalue weighted by molar-refractivity contribution is 5.33. The average Bonchev–Trinajstić information content (AvgIpc) is 2.41. The summed E-state index contributed by atoms with van der Waals surface area (Å²) < 4.78 is 15.6. The first-order chi connectivity index (χ1) is 9.15. The van der Waals surface area contributed by atoms with Gasteiger partial charge in [-0.25, -0.2) is 0 Å². The Morgan fingerprint density at radius 3 is 2.26 bits per heavy atom. The zero-order chi connectivity index (χ0) is 14.1. The molecule has 1 N–H and O–H groups in total. The molecule has 0 atom stereocenters. The van der Waals surface area contributed by atoms with Crippen molar-refractivity contribution in [1.29, 1.82) is 0 Å². The van der Waals surface area contributed by atoms with Crippen LogP contribution in [0.15, 0.2) is 6.07 Å². The predicted octanol–water partition coefficient (Wildman–Crippen LogP) is 2.11. The summed E-state index contributed by atoms with van der Waals surface area (Å²) in [7, 11) is 3.13. The molecular weight excluding hydrogens is 246 g/mol. The van der Waals surface area contributed by atoms with Crippen LogP contribution >= 0.6 is 0 Å². The minimum Gasteiger partial charge on any atom is -0.481 e. The van der Waals surface area contributed by atoms with Gasteiger partial charge in [0.25, 0.3) is 0 Å². The molecule has 0 aliphatic rings. The minimum absolute atomic E-state index is 0.291. The Morgan fingerprint density at radius 2 is 1.74 bits per heavy atom. The van der Waals surface area contributed by atoms with Crippen molar-refractivity contribution in [2.75, 3.05) is 32.7 Å². The van der Waals surface area contributed by atoms with Crippen molar-refractivity contribution in [3.05, 3.63) is 6.07 Å². The summed E-state index contributed by atoms with van der Waals surface area (Å²) >= 11 is 0. The summed E-state index contributed by atoms with van der Waals surface area (Å²) in [4.78, 5) is 8.38. The van der Waals surface area contributed by atoms with E-state index in [1.165, 1.54) is 0 Å². The Labute approximate surface area is 114 Å². The topological polar surface area (TPSA) is 65.5 Å². The van der Waals surface area contributed by atoms with Gasteiger partial charge in [-0.2, -0.15) is 9.97 Å². The molecule has 0 spiro atoms. The van der Waals surface area contributed by atoms with Crippen LogP contribution in [-0.2, 0) is 4.74 Å². The van der Waals surface area contributed by atoms with E-state index in [9.17, 15) is 0 Å². The van der Waals surface area contributed by atoms with Crippen molar-refractivity contribution in [1.82, 2.24) is 9.97 Å². The normalized spacial score (nSPS) is 10.6. The molecular formula is C13H23N3O3. The van der Waals surface area contributed by atoms with E-state index in [2.05, 4.69) is 15.3 Å². The van der Waals surface area contributed by atoms with E-state index in [0.29, 0.717) is 23.8 Å². The van der Waals surface area contributed by atoms with Gasteiger partial charge in [0.15, 0.2) is 0 Å². The highest BCUT2D eigenvalue weighted by Crippen LogP contribution is 2.17. The maximum Gasteiger partial charge on any atom is 0.229 e. The highest BCUT2D eigenvalue weighted by atomic mass is 16.5. The highest BCUT2D eigenvalue weighted by Gasteiger charge is 2.04. The quantitative estimate of drug-likeness (QED) is 0.693. The van der Waals surface area contributed by atoms with E-state index >= 15 is 0 Å². The molecule has 0 saturated heterocycles. The largest absolute Gasteiger partial charge is 0.481 e. The third kappa shape index (κ3) is 6.24. The van der Waals surface area contributed by atoms with Crippen LogP contribution in [0, 0.1) is 0 Å². The number of anilines is 1. The molecule has 1 heterocycles. The van der Waals surface area contributed by atoms with Gasteiger partial charge in [-0.15, -0.1) is 0 Å². The summed E-state index contributed by atoms with van der Waals surface area (Å²) in [5.74, 6) is 1.48. The van der Waals surface area contributed by atoms with Crippen LogP contribution in [0.1, 0.15) is 26.7 Å². The predicted molar refractivity (Wildman–Crippen MR) is 73.9 cm³/mol. The Morgan fingerprint density at radius 1 is 1.11 bits per heavy atom. The SMILES string of the molecule is COc1cc(OC)nc(NCCCCOC(C)C)n1. The second kappa shape index (κ2) is 8.53. The summed E-state index contributed by atoms with van der Waals surface area (Å²) in [5.41, 5.74) is 0. The van der Waals surface area contributed by atoms with Crippen LogP contribution in [0.4, 0.5) is 5.95 Å². The number of nitrogens with zero attached hydrogens (tertiary/aromatic N) is 2. The maximum absolute atomic E-state index is 5.47. The second-order valence-electron chi connectivity index (χ2n) is 4.33. The Bertz CT molecular complexity index is 350. The molecule has 0 fully saturated rings. The molecule has 6 nitrogen and oxygen atoms in total. The van der Waals surface area contributed by atoms with Crippen LogP contribution in [0.25, 0.3) is 0 Å². The van der Waals surface area contributed by atoms with Crippen LogP contribution in [-0.4, -0.2) is 43.4 Å². The molecule has 6 heteroatoms. The van der Waals surface area contributed by atoms with Crippen LogP contribution < -0.4 is 14.8 Å². The molecule has 1 rings (SSSR count). The smallest absolute Gasteiger partial charge is 0.229 e. The van der Waals surface area contributed by atoms with Crippen molar-refractivity contribution < 1.29 is 14.2 Å². The molecule has 0 aliphatic heterocycles. The molecule has 0 radical (unpaired) electrons. The first-order valence-corrected chi connectivity index (χ1v) is 6.48. The van der Waals surface area contributed by atoms with Crippen LogP contribution in [0.5, 0.6) is 11.8 Å². The molecule has 1 aromatic rings. The number of aromatic nitrogens is 2. The molecule has 0 aromatic carbocycles. The van der Waals surface area contributed by atoms with Gasteiger partial charge in [-0.05, 0) is 26.7 Å². The lowest BCUT2D eigenvalue weighted by Crippen LogP contribution is -2.09. The fourth-order valence-electron chi connectivity index (χ4n) is 1.44.